The molecule has 3 heteroatoms. The summed E-state index contributed by atoms with van der Waals surface area (Å²) in [7, 11) is 3.65. The molecule has 21 heavy (non-hydrogen) atoms. The van der Waals surface area contributed by atoms with Crippen molar-refractivity contribution in [3.8, 4) is 11.5 Å². The number of benzene rings is 2. The third-order valence-corrected chi connectivity index (χ3v) is 3.51. The maximum atomic E-state index is 5.79. The van der Waals surface area contributed by atoms with Crippen LogP contribution < -0.4 is 14.8 Å². The molecule has 2 aromatic carbocycles. The van der Waals surface area contributed by atoms with Gasteiger partial charge < -0.3 is 14.8 Å². The van der Waals surface area contributed by atoms with Crippen molar-refractivity contribution in [2.75, 3.05) is 20.8 Å². The third kappa shape index (κ3) is 3.37. The predicted octanol–water partition coefficient (Wildman–Crippen LogP) is 3.71. The van der Waals surface area contributed by atoms with Crippen LogP contribution in [0.15, 0.2) is 42.5 Å². The molecule has 0 saturated heterocycles. The van der Waals surface area contributed by atoms with Crippen LogP contribution in [0.2, 0.25) is 0 Å². The van der Waals surface area contributed by atoms with Gasteiger partial charge in [0, 0.05) is 11.1 Å². The van der Waals surface area contributed by atoms with E-state index in [1.165, 1.54) is 5.56 Å². The number of rotatable bonds is 6. The fourth-order valence-electron chi connectivity index (χ4n) is 2.56. The summed E-state index contributed by atoms with van der Waals surface area (Å²) in [5, 5.41) is 3.38. The first kappa shape index (κ1) is 15.4. The van der Waals surface area contributed by atoms with Crippen molar-refractivity contribution in [1.29, 1.82) is 0 Å². The quantitative estimate of drug-likeness (QED) is 0.877. The minimum atomic E-state index is 0.0302. The molecule has 0 radical (unpaired) electrons. The van der Waals surface area contributed by atoms with Gasteiger partial charge >= 0.3 is 0 Å². The highest BCUT2D eigenvalue weighted by Gasteiger charge is 2.20. The van der Waals surface area contributed by atoms with Crippen LogP contribution in [0.3, 0.4) is 0 Å². The maximum Gasteiger partial charge on any atom is 0.124 e. The van der Waals surface area contributed by atoms with Crippen LogP contribution >= 0.6 is 0 Å². The second kappa shape index (κ2) is 7.14. The average molecular weight is 285 g/mol. The van der Waals surface area contributed by atoms with Gasteiger partial charge in [0.25, 0.3) is 0 Å². The maximum absolute atomic E-state index is 5.79. The van der Waals surface area contributed by atoms with Gasteiger partial charge in [-0.05, 0) is 33.0 Å². The molecule has 0 fully saturated rings. The highest BCUT2D eigenvalue weighted by molar-refractivity contribution is 5.47. The van der Waals surface area contributed by atoms with Crippen LogP contribution in [0.4, 0.5) is 0 Å². The molecule has 1 atom stereocenters. The third-order valence-electron chi connectivity index (χ3n) is 3.51. The van der Waals surface area contributed by atoms with E-state index in [9.17, 15) is 0 Å². The Morgan fingerprint density at radius 1 is 1.05 bits per heavy atom. The summed E-state index contributed by atoms with van der Waals surface area (Å²) in [4.78, 5) is 0. The van der Waals surface area contributed by atoms with Crippen LogP contribution in [-0.4, -0.2) is 20.8 Å². The van der Waals surface area contributed by atoms with Gasteiger partial charge in [0.15, 0.2) is 0 Å². The topological polar surface area (TPSA) is 30.5 Å². The number of hydrogen-bond acceptors (Lipinski definition) is 3. The summed E-state index contributed by atoms with van der Waals surface area (Å²) in [6.45, 7) is 4.74. The van der Waals surface area contributed by atoms with Gasteiger partial charge in [0.2, 0.25) is 0 Å². The van der Waals surface area contributed by atoms with Crippen molar-refractivity contribution in [2.24, 2.45) is 0 Å². The number of aryl methyl sites for hydroxylation is 1. The van der Waals surface area contributed by atoms with Crippen LogP contribution in [0, 0.1) is 6.92 Å². The van der Waals surface area contributed by atoms with Crippen molar-refractivity contribution >= 4 is 0 Å². The Hall–Kier alpha value is -2.00. The smallest absolute Gasteiger partial charge is 0.124 e. The summed E-state index contributed by atoms with van der Waals surface area (Å²) in [5.41, 5.74) is 3.45. The van der Waals surface area contributed by atoms with Gasteiger partial charge in [-0.3, -0.25) is 0 Å². The zero-order valence-corrected chi connectivity index (χ0v) is 13.1. The minimum absolute atomic E-state index is 0.0302. The van der Waals surface area contributed by atoms with E-state index in [2.05, 4.69) is 30.4 Å². The van der Waals surface area contributed by atoms with E-state index >= 15 is 0 Å². The van der Waals surface area contributed by atoms with Crippen LogP contribution in [0.1, 0.15) is 29.7 Å². The molecule has 0 aliphatic heterocycles. The second-order valence-corrected chi connectivity index (χ2v) is 4.94. The van der Waals surface area contributed by atoms with Gasteiger partial charge in [-0.25, -0.2) is 0 Å². The van der Waals surface area contributed by atoms with Crippen LogP contribution in [-0.2, 0) is 0 Å². The van der Waals surface area contributed by atoms with E-state index < -0.39 is 0 Å². The SMILES string of the molecule is CCOc1ccc(C)cc1C(NC)c1ccccc1OC. The molecule has 0 aromatic heterocycles. The Kier molecular flexibility index (Phi) is 5.23. The highest BCUT2D eigenvalue weighted by Crippen LogP contribution is 2.35. The molecular formula is C18H23NO2. The molecule has 0 aliphatic rings. The zero-order chi connectivity index (χ0) is 15.2. The van der Waals surface area contributed by atoms with Crippen molar-refractivity contribution in [3.63, 3.8) is 0 Å². The number of para-hydroxylation sites is 1. The molecule has 0 saturated carbocycles. The van der Waals surface area contributed by atoms with Gasteiger partial charge in [-0.15, -0.1) is 0 Å². The van der Waals surface area contributed by atoms with Crippen LogP contribution in [0.5, 0.6) is 11.5 Å². The summed E-state index contributed by atoms with van der Waals surface area (Å²) in [6.07, 6.45) is 0. The van der Waals surface area contributed by atoms with Crippen molar-refractivity contribution in [1.82, 2.24) is 5.32 Å². The highest BCUT2D eigenvalue weighted by atomic mass is 16.5. The summed E-state index contributed by atoms with van der Waals surface area (Å²) < 4.78 is 11.3. The largest absolute Gasteiger partial charge is 0.496 e. The average Bonchev–Trinajstić information content (AvgIpc) is 2.51. The first-order valence-electron chi connectivity index (χ1n) is 7.24. The molecule has 1 unspecified atom stereocenters. The minimum Gasteiger partial charge on any atom is -0.496 e. The lowest BCUT2D eigenvalue weighted by molar-refractivity contribution is 0.333. The standard InChI is InChI=1S/C18H23NO2/c1-5-21-17-11-10-13(2)12-15(17)18(19-3)14-8-6-7-9-16(14)20-4/h6-12,18-19H,5H2,1-4H3. The zero-order valence-electron chi connectivity index (χ0n) is 13.1. The van der Waals surface area contributed by atoms with Gasteiger partial charge in [-0.1, -0.05) is 35.9 Å². The fraction of sp³-hybridized carbons (Fsp3) is 0.333. The number of ether oxygens (including phenoxy) is 2. The molecule has 1 N–H and O–H groups in total. The molecule has 0 aliphatic carbocycles. The molecule has 0 amide bonds. The Morgan fingerprint density at radius 3 is 2.48 bits per heavy atom. The van der Waals surface area contributed by atoms with E-state index in [1.54, 1.807) is 7.11 Å². The monoisotopic (exact) mass is 285 g/mol. The second-order valence-electron chi connectivity index (χ2n) is 4.94. The first-order valence-corrected chi connectivity index (χ1v) is 7.24. The van der Waals surface area contributed by atoms with Gasteiger partial charge in [-0.2, -0.15) is 0 Å². The lowest BCUT2D eigenvalue weighted by Gasteiger charge is -2.22. The van der Waals surface area contributed by atoms with E-state index in [0.29, 0.717) is 6.61 Å². The number of nitrogens with one attached hydrogen (secondary N) is 1. The van der Waals surface area contributed by atoms with Gasteiger partial charge in [0.05, 0.1) is 19.8 Å². The van der Waals surface area contributed by atoms with Crippen molar-refractivity contribution in [3.05, 3.63) is 59.2 Å². The fourth-order valence-corrected chi connectivity index (χ4v) is 2.56. The summed E-state index contributed by atoms with van der Waals surface area (Å²) >= 11 is 0. The lowest BCUT2D eigenvalue weighted by atomic mass is 9.95. The van der Waals surface area contributed by atoms with E-state index in [1.807, 2.05) is 38.2 Å². The first-order chi connectivity index (χ1) is 10.2. The Balaban J connectivity index is 2.53. The lowest BCUT2D eigenvalue weighted by Crippen LogP contribution is -2.19. The molecule has 112 valence electrons. The molecule has 0 heterocycles. The number of methoxy groups -OCH3 is 1. The predicted molar refractivity (Wildman–Crippen MR) is 86.2 cm³/mol. The molecular weight excluding hydrogens is 262 g/mol. The Labute approximate surface area is 126 Å². The van der Waals surface area contributed by atoms with Crippen LogP contribution in [0.25, 0.3) is 0 Å². The van der Waals surface area contributed by atoms with Crippen molar-refractivity contribution < 1.29 is 9.47 Å². The Bertz CT molecular complexity index is 596. The molecule has 3 nitrogen and oxygen atoms in total. The summed E-state index contributed by atoms with van der Waals surface area (Å²) in [6, 6.07) is 14.4. The van der Waals surface area contributed by atoms with E-state index in [0.717, 1.165) is 22.6 Å². The summed E-state index contributed by atoms with van der Waals surface area (Å²) in [5.74, 6) is 1.79. The van der Waals surface area contributed by atoms with E-state index in [4.69, 9.17) is 9.47 Å². The molecule has 0 spiro atoms. The van der Waals surface area contributed by atoms with Crippen molar-refractivity contribution in [2.45, 2.75) is 19.9 Å². The molecule has 2 rings (SSSR count). The normalized spacial score (nSPS) is 12.0. The van der Waals surface area contributed by atoms with Gasteiger partial charge in [0.1, 0.15) is 11.5 Å². The molecule has 2 aromatic rings. The molecule has 0 bridgehead atoms. The number of hydrogen-bond donors (Lipinski definition) is 1. The Morgan fingerprint density at radius 2 is 1.81 bits per heavy atom. The van der Waals surface area contributed by atoms with E-state index in [-0.39, 0.29) is 6.04 Å².